The summed E-state index contributed by atoms with van der Waals surface area (Å²) in [5.74, 6) is -4.01. The second-order valence-electron chi connectivity index (χ2n) is 5.81. The lowest BCUT2D eigenvalue weighted by molar-refractivity contribution is -0.153. The highest BCUT2D eigenvalue weighted by atomic mass is 16.5. The summed E-state index contributed by atoms with van der Waals surface area (Å²) in [5, 5.41) is 0. The number of hydrogen-bond acceptors (Lipinski definition) is 5. The molecule has 1 aliphatic heterocycles. The molecule has 0 aromatic heterocycles. The van der Waals surface area contributed by atoms with Gasteiger partial charge in [-0.2, -0.15) is 0 Å². The van der Waals surface area contributed by atoms with Crippen molar-refractivity contribution in [3.05, 3.63) is 0 Å². The van der Waals surface area contributed by atoms with Crippen LogP contribution in [0.3, 0.4) is 0 Å². The Kier molecular flexibility index (Phi) is 7.35. The van der Waals surface area contributed by atoms with E-state index in [2.05, 4.69) is 0 Å². The van der Waals surface area contributed by atoms with Crippen LogP contribution < -0.4 is 0 Å². The SMILES string of the molecule is CCC(=O)[C@H](C(=O)N(C)C)[C@@H](CC)C(=O)C(=O)N1CCOCC1. The largest absolute Gasteiger partial charge is 0.378 e. The van der Waals surface area contributed by atoms with Crippen LogP contribution in [-0.4, -0.2) is 73.6 Å². The summed E-state index contributed by atoms with van der Waals surface area (Å²) in [7, 11) is 3.08. The van der Waals surface area contributed by atoms with Crippen molar-refractivity contribution in [1.82, 2.24) is 9.80 Å². The number of carbonyl (C=O) groups excluding carboxylic acids is 4. The Morgan fingerprint density at radius 3 is 2.09 bits per heavy atom. The first-order valence-corrected chi connectivity index (χ1v) is 7.99. The zero-order valence-electron chi connectivity index (χ0n) is 14.3. The van der Waals surface area contributed by atoms with Gasteiger partial charge in [0.15, 0.2) is 0 Å². The highest BCUT2D eigenvalue weighted by Crippen LogP contribution is 2.23. The van der Waals surface area contributed by atoms with Crippen LogP contribution in [0.15, 0.2) is 0 Å². The number of amides is 2. The molecule has 1 aliphatic rings. The molecule has 1 rings (SSSR count). The highest BCUT2D eigenvalue weighted by Gasteiger charge is 2.41. The molecule has 1 heterocycles. The molecule has 1 fully saturated rings. The molecular weight excluding hydrogens is 300 g/mol. The van der Waals surface area contributed by atoms with Crippen LogP contribution in [0.4, 0.5) is 0 Å². The fraction of sp³-hybridized carbons (Fsp3) is 0.750. The van der Waals surface area contributed by atoms with E-state index in [-0.39, 0.29) is 18.6 Å². The van der Waals surface area contributed by atoms with Gasteiger partial charge in [0.1, 0.15) is 11.7 Å². The predicted octanol–water partition coefficient (Wildman–Crippen LogP) is 0.124. The third-order valence-corrected chi connectivity index (χ3v) is 4.09. The Morgan fingerprint density at radius 1 is 1.09 bits per heavy atom. The number of rotatable bonds is 7. The molecule has 130 valence electrons. The minimum Gasteiger partial charge on any atom is -0.378 e. The van der Waals surface area contributed by atoms with Gasteiger partial charge in [0.2, 0.25) is 11.7 Å². The monoisotopic (exact) mass is 326 g/mol. The quantitative estimate of drug-likeness (QED) is 0.490. The van der Waals surface area contributed by atoms with Crippen molar-refractivity contribution >= 4 is 23.4 Å². The maximum Gasteiger partial charge on any atom is 0.290 e. The number of nitrogens with zero attached hydrogens (tertiary/aromatic N) is 2. The summed E-state index contributed by atoms with van der Waals surface area (Å²) in [6, 6.07) is 0. The lowest BCUT2D eigenvalue weighted by Gasteiger charge is -2.30. The predicted molar refractivity (Wildman–Crippen MR) is 83.7 cm³/mol. The van der Waals surface area contributed by atoms with E-state index < -0.39 is 29.4 Å². The minimum atomic E-state index is -1.09. The Hall–Kier alpha value is -1.76. The van der Waals surface area contributed by atoms with Crippen LogP contribution in [0.2, 0.25) is 0 Å². The van der Waals surface area contributed by atoms with Gasteiger partial charge in [0.25, 0.3) is 5.91 Å². The maximum absolute atomic E-state index is 12.6. The zero-order chi connectivity index (χ0) is 17.6. The Bertz CT molecular complexity index is 469. The molecule has 2 atom stereocenters. The van der Waals surface area contributed by atoms with Crippen molar-refractivity contribution in [2.24, 2.45) is 11.8 Å². The summed E-state index contributed by atoms with van der Waals surface area (Å²) in [5.41, 5.74) is 0. The molecule has 0 aromatic carbocycles. The van der Waals surface area contributed by atoms with Gasteiger partial charge in [0, 0.05) is 39.5 Å². The number of morpholine rings is 1. The van der Waals surface area contributed by atoms with Gasteiger partial charge in [0.05, 0.1) is 13.2 Å². The molecule has 0 unspecified atom stereocenters. The van der Waals surface area contributed by atoms with Crippen molar-refractivity contribution < 1.29 is 23.9 Å². The van der Waals surface area contributed by atoms with Crippen LogP contribution in [0.5, 0.6) is 0 Å². The van der Waals surface area contributed by atoms with Crippen LogP contribution in [0.1, 0.15) is 26.7 Å². The molecular formula is C16H26N2O5. The van der Waals surface area contributed by atoms with E-state index in [1.54, 1.807) is 27.9 Å². The third kappa shape index (κ3) is 4.60. The number of Topliss-reactive ketones (excluding diaryl/α,β-unsaturated/α-hetero) is 2. The smallest absolute Gasteiger partial charge is 0.290 e. The second-order valence-corrected chi connectivity index (χ2v) is 5.81. The topological polar surface area (TPSA) is 84.0 Å². The fourth-order valence-corrected chi connectivity index (χ4v) is 2.69. The van der Waals surface area contributed by atoms with E-state index in [1.807, 2.05) is 0 Å². The van der Waals surface area contributed by atoms with Crippen LogP contribution in [0.25, 0.3) is 0 Å². The Balaban J connectivity index is 3.00. The van der Waals surface area contributed by atoms with Crippen molar-refractivity contribution in [1.29, 1.82) is 0 Å². The summed E-state index contributed by atoms with van der Waals surface area (Å²) < 4.78 is 5.17. The average Bonchev–Trinajstić information content (AvgIpc) is 2.57. The van der Waals surface area contributed by atoms with Gasteiger partial charge in [-0.1, -0.05) is 13.8 Å². The van der Waals surface area contributed by atoms with Crippen molar-refractivity contribution in [2.45, 2.75) is 26.7 Å². The molecule has 0 bridgehead atoms. The van der Waals surface area contributed by atoms with Crippen molar-refractivity contribution in [3.63, 3.8) is 0 Å². The van der Waals surface area contributed by atoms with Crippen molar-refractivity contribution in [3.8, 4) is 0 Å². The molecule has 23 heavy (non-hydrogen) atoms. The molecule has 2 amide bonds. The molecule has 0 aliphatic carbocycles. The molecule has 1 saturated heterocycles. The lowest BCUT2D eigenvalue weighted by atomic mass is 9.81. The third-order valence-electron chi connectivity index (χ3n) is 4.09. The molecule has 0 spiro atoms. The van der Waals surface area contributed by atoms with Crippen LogP contribution >= 0.6 is 0 Å². The standard InChI is InChI=1S/C16H26N2O5/c1-5-11(13(12(19)6-2)15(21)17(3)4)14(20)16(22)18-7-9-23-10-8-18/h11,13H,5-10H2,1-4H3/t11-,13-/m1/s1. The van der Waals surface area contributed by atoms with Crippen LogP contribution in [0, 0.1) is 11.8 Å². The number of hydrogen-bond donors (Lipinski definition) is 0. The maximum atomic E-state index is 12.6. The first-order valence-electron chi connectivity index (χ1n) is 7.99. The first kappa shape index (κ1) is 19.3. The first-order chi connectivity index (χ1) is 10.8. The Labute approximate surface area is 136 Å². The summed E-state index contributed by atoms with van der Waals surface area (Å²) in [6.07, 6.45) is 0.421. The summed E-state index contributed by atoms with van der Waals surface area (Å²) in [6.45, 7) is 4.87. The molecule has 0 N–H and O–H groups in total. The molecule has 7 heteroatoms. The van der Waals surface area contributed by atoms with Gasteiger partial charge < -0.3 is 14.5 Å². The Morgan fingerprint density at radius 2 is 1.65 bits per heavy atom. The van der Waals surface area contributed by atoms with E-state index in [0.717, 1.165) is 0 Å². The molecule has 0 saturated carbocycles. The lowest BCUT2D eigenvalue weighted by Crippen LogP contribution is -2.49. The minimum absolute atomic E-state index is 0.153. The van der Waals surface area contributed by atoms with Gasteiger partial charge in [-0.05, 0) is 6.42 Å². The van der Waals surface area contributed by atoms with E-state index in [9.17, 15) is 19.2 Å². The second kappa shape index (κ2) is 8.76. The van der Waals surface area contributed by atoms with Gasteiger partial charge >= 0.3 is 0 Å². The van der Waals surface area contributed by atoms with E-state index in [4.69, 9.17) is 4.74 Å². The molecule has 7 nitrogen and oxygen atoms in total. The average molecular weight is 326 g/mol. The fourth-order valence-electron chi connectivity index (χ4n) is 2.69. The van der Waals surface area contributed by atoms with E-state index >= 15 is 0 Å². The van der Waals surface area contributed by atoms with Crippen LogP contribution in [-0.2, 0) is 23.9 Å². The number of ketones is 2. The van der Waals surface area contributed by atoms with Gasteiger partial charge in [-0.25, -0.2) is 0 Å². The number of carbonyl (C=O) groups is 4. The number of ether oxygens (including phenoxy) is 1. The summed E-state index contributed by atoms with van der Waals surface area (Å²) >= 11 is 0. The molecule has 0 aromatic rings. The van der Waals surface area contributed by atoms with Gasteiger partial charge in [-0.15, -0.1) is 0 Å². The highest BCUT2D eigenvalue weighted by molar-refractivity contribution is 6.38. The van der Waals surface area contributed by atoms with E-state index in [1.165, 1.54) is 9.80 Å². The summed E-state index contributed by atoms with van der Waals surface area (Å²) in [4.78, 5) is 52.3. The van der Waals surface area contributed by atoms with Crippen molar-refractivity contribution in [2.75, 3.05) is 40.4 Å². The van der Waals surface area contributed by atoms with Gasteiger partial charge in [-0.3, -0.25) is 19.2 Å². The normalized spacial score (nSPS) is 17.3. The zero-order valence-corrected chi connectivity index (χ0v) is 14.3. The van der Waals surface area contributed by atoms with E-state index in [0.29, 0.717) is 26.3 Å². The molecule has 0 radical (unpaired) electrons.